The van der Waals surface area contributed by atoms with Crippen LogP contribution in [0.15, 0.2) is 59.8 Å². The molecule has 0 spiro atoms. The Morgan fingerprint density at radius 3 is 2.79 bits per heavy atom. The zero-order valence-corrected chi connectivity index (χ0v) is 15.5. The second-order valence-corrected chi connectivity index (χ2v) is 6.48. The van der Waals surface area contributed by atoms with Gasteiger partial charge in [0, 0.05) is 25.6 Å². The first kappa shape index (κ1) is 17.6. The lowest BCUT2D eigenvalue weighted by Gasteiger charge is -2.11. The van der Waals surface area contributed by atoms with Crippen LogP contribution >= 0.6 is 0 Å². The molecule has 140 valence electrons. The lowest BCUT2D eigenvalue weighted by molar-refractivity contribution is 0.102. The summed E-state index contributed by atoms with van der Waals surface area (Å²) in [6, 6.07) is 10.8. The van der Waals surface area contributed by atoms with Crippen LogP contribution in [0.25, 0.3) is 11.0 Å². The van der Waals surface area contributed by atoms with Crippen molar-refractivity contribution in [3.63, 3.8) is 0 Å². The van der Waals surface area contributed by atoms with E-state index in [0.29, 0.717) is 28.8 Å². The molecule has 0 atom stereocenters. The molecule has 1 N–H and O–H groups in total. The number of rotatable bonds is 4. The van der Waals surface area contributed by atoms with E-state index in [9.17, 15) is 9.59 Å². The van der Waals surface area contributed by atoms with Crippen molar-refractivity contribution in [2.75, 3.05) is 5.32 Å². The van der Waals surface area contributed by atoms with Crippen molar-refractivity contribution < 1.29 is 4.79 Å². The predicted molar refractivity (Wildman–Crippen MR) is 105 cm³/mol. The monoisotopic (exact) mass is 374 g/mol. The van der Waals surface area contributed by atoms with Crippen LogP contribution in [0.5, 0.6) is 0 Å². The fourth-order valence-electron chi connectivity index (χ4n) is 3.08. The van der Waals surface area contributed by atoms with E-state index in [-0.39, 0.29) is 11.1 Å². The van der Waals surface area contributed by atoms with Crippen LogP contribution in [0.3, 0.4) is 0 Å². The Labute approximate surface area is 160 Å². The average molecular weight is 374 g/mol. The number of aryl methyl sites for hydroxylation is 2. The van der Waals surface area contributed by atoms with Crippen LogP contribution in [0.2, 0.25) is 0 Å². The molecule has 0 bridgehead atoms. The molecule has 3 heterocycles. The summed E-state index contributed by atoms with van der Waals surface area (Å²) in [6.45, 7) is 2.08. The van der Waals surface area contributed by atoms with Gasteiger partial charge in [0.1, 0.15) is 16.6 Å². The third-order valence-electron chi connectivity index (χ3n) is 4.44. The van der Waals surface area contributed by atoms with Crippen molar-refractivity contribution in [1.82, 2.24) is 24.5 Å². The molecule has 0 saturated carbocycles. The summed E-state index contributed by atoms with van der Waals surface area (Å²) in [5.41, 5.74) is 2.99. The number of aromatic nitrogens is 5. The van der Waals surface area contributed by atoms with Crippen LogP contribution in [-0.2, 0) is 13.6 Å². The van der Waals surface area contributed by atoms with Crippen molar-refractivity contribution in [1.29, 1.82) is 0 Å². The van der Waals surface area contributed by atoms with E-state index in [1.807, 2.05) is 18.2 Å². The van der Waals surface area contributed by atoms with E-state index in [2.05, 4.69) is 20.5 Å². The summed E-state index contributed by atoms with van der Waals surface area (Å²) >= 11 is 0. The summed E-state index contributed by atoms with van der Waals surface area (Å²) in [5.74, 6) is -0.471. The number of carbonyl (C=O) groups excluding carboxylic acids is 1. The van der Waals surface area contributed by atoms with Gasteiger partial charge in [0.15, 0.2) is 0 Å². The highest BCUT2D eigenvalue weighted by molar-refractivity contribution is 6.08. The zero-order valence-electron chi connectivity index (χ0n) is 15.5. The van der Waals surface area contributed by atoms with Gasteiger partial charge in [0.25, 0.3) is 11.5 Å². The fourth-order valence-corrected chi connectivity index (χ4v) is 3.08. The normalized spacial score (nSPS) is 10.9. The molecule has 4 rings (SSSR count). The number of pyridine rings is 2. The third kappa shape index (κ3) is 3.27. The van der Waals surface area contributed by atoms with E-state index >= 15 is 0 Å². The quantitative estimate of drug-likeness (QED) is 0.590. The van der Waals surface area contributed by atoms with Crippen LogP contribution in [0.1, 0.15) is 21.5 Å². The first-order chi connectivity index (χ1) is 13.5. The molecular formula is C20H18N6O2. The van der Waals surface area contributed by atoms with Gasteiger partial charge in [-0.05, 0) is 42.3 Å². The fraction of sp³-hybridized carbons (Fsp3) is 0.150. The van der Waals surface area contributed by atoms with Gasteiger partial charge in [-0.15, -0.1) is 0 Å². The van der Waals surface area contributed by atoms with Gasteiger partial charge >= 0.3 is 0 Å². The molecule has 4 aromatic rings. The largest absolute Gasteiger partial charge is 0.320 e. The first-order valence-corrected chi connectivity index (χ1v) is 8.73. The van der Waals surface area contributed by atoms with Crippen molar-refractivity contribution in [3.8, 4) is 0 Å². The second kappa shape index (κ2) is 7.07. The molecule has 0 aliphatic carbocycles. The number of nitrogens with zero attached hydrogens (tertiary/aromatic N) is 5. The Bertz CT molecular complexity index is 1230. The first-order valence-electron chi connectivity index (χ1n) is 8.73. The topological polar surface area (TPSA) is 94.7 Å². The summed E-state index contributed by atoms with van der Waals surface area (Å²) in [7, 11) is 1.71. The molecule has 1 amide bonds. The van der Waals surface area contributed by atoms with Crippen LogP contribution in [0, 0.1) is 6.92 Å². The molecule has 0 fully saturated rings. The van der Waals surface area contributed by atoms with E-state index in [0.717, 1.165) is 5.56 Å². The van der Waals surface area contributed by atoms with Gasteiger partial charge in [0.05, 0.1) is 12.2 Å². The number of benzene rings is 1. The molecule has 28 heavy (non-hydrogen) atoms. The van der Waals surface area contributed by atoms with Crippen LogP contribution in [0.4, 0.5) is 5.69 Å². The third-order valence-corrected chi connectivity index (χ3v) is 4.44. The van der Waals surface area contributed by atoms with E-state index < -0.39 is 5.91 Å². The minimum Gasteiger partial charge on any atom is -0.320 e. The zero-order chi connectivity index (χ0) is 19.7. The van der Waals surface area contributed by atoms with Gasteiger partial charge in [-0.25, -0.2) is 0 Å². The van der Waals surface area contributed by atoms with Crippen molar-refractivity contribution in [3.05, 3.63) is 82.0 Å². The van der Waals surface area contributed by atoms with Gasteiger partial charge < -0.3 is 9.88 Å². The van der Waals surface area contributed by atoms with Crippen molar-refractivity contribution in [2.45, 2.75) is 13.5 Å². The highest BCUT2D eigenvalue weighted by Crippen LogP contribution is 2.20. The molecule has 0 saturated heterocycles. The molecule has 8 heteroatoms. The second-order valence-electron chi connectivity index (χ2n) is 6.48. The summed E-state index contributed by atoms with van der Waals surface area (Å²) in [4.78, 5) is 31.4. The molecule has 3 aromatic heterocycles. The number of amides is 1. The van der Waals surface area contributed by atoms with Gasteiger partial charge in [-0.2, -0.15) is 15.0 Å². The Kier molecular flexibility index (Phi) is 4.44. The number of nitrogens with one attached hydrogen (secondary N) is 1. The van der Waals surface area contributed by atoms with Gasteiger partial charge in [-0.3, -0.25) is 14.6 Å². The minimum absolute atomic E-state index is 0.104. The molecule has 0 unspecified atom stereocenters. The van der Waals surface area contributed by atoms with Crippen LogP contribution in [-0.4, -0.2) is 30.5 Å². The van der Waals surface area contributed by atoms with E-state index in [4.69, 9.17) is 0 Å². The highest BCUT2D eigenvalue weighted by atomic mass is 16.2. The van der Waals surface area contributed by atoms with E-state index in [1.165, 1.54) is 9.36 Å². The minimum atomic E-state index is -0.471. The average Bonchev–Trinajstić information content (AvgIpc) is 3.06. The van der Waals surface area contributed by atoms with Crippen molar-refractivity contribution in [2.24, 2.45) is 7.05 Å². The molecular weight excluding hydrogens is 356 g/mol. The molecule has 0 aliphatic heterocycles. The number of carbonyl (C=O) groups is 1. The lowest BCUT2D eigenvalue weighted by atomic mass is 10.1. The lowest BCUT2D eigenvalue weighted by Crippen LogP contribution is -2.30. The van der Waals surface area contributed by atoms with Gasteiger partial charge in [0.2, 0.25) is 0 Å². The SMILES string of the molecule is Cc1ccn(Cc2cccnc2)c(=O)c1C(=O)Nc1cccc2nn(C)nc12. The number of hydrogen-bond donors (Lipinski definition) is 1. The standard InChI is InChI=1S/C20H18N6O2/c1-13-8-10-26(12-14-5-4-9-21-11-14)20(28)17(13)19(27)22-15-6-3-7-16-18(15)24-25(2)23-16/h3-11H,12H2,1-2H3,(H,22,27). The number of fused-ring (bicyclic) bond motifs is 1. The molecule has 1 aromatic carbocycles. The molecule has 0 aliphatic rings. The maximum absolute atomic E-state index is 12.9. The molecule has 0 radical (unpaired) electrons. The number of hydrogen-bond acceptors (Lipinski definition) is 5. The highest BCUT2D eigenvalue weighted by Gasteiger charge is 2.18. The maximum Gasteiger partial charge on any atom is 0.263 e. The number of anilines is 1. The Hall–Kier alpha value is -3.81. The van der Waals surface area contributed by atoms with Gasteiger partial charge in [-0.1, -0.05) is 12.1 Å². The summed E-state index contributed by atoms with van der Waals surface area (Å²) in [5, 5.41) is 11.3. The van der Waals surface area contributed by atoms with Crippen molar-refractivity contribution >= 4 is 22.6 Å². The summed E-state index contributed by atoms with van der Waals surface area (Å²) in [6.07, 6.45) is 5.05. The maximum atomic E-state index is 12.9. The Balaban J connectivity index is 1.69. The Morgan fingerprint density at radius 2 is 2.00 bits per heavy atom. The smallest absolute Gasteiger partial charge is 0.263 e. The van der Waals surface area contributed by atoms with Crippen LogP contribution < -0.4 is 10.9 Å². The summed E-state index contributed by atoms with van der Waals surface area (Å²) < 4.78 is 1.50. The predicted octanol–water partition coefficient (Wildman–Crippen LogP) is 2.13. The Morgan fingerprint density at radius 1 is 1.14 bits per heavy atom. The van der Waals surface area contributed by atoms with E-state index in [1.54, 1.807) is 50.8 Å². The molecule has 8 nitrogen and oxygen atoms in total.